The van der Waals surface area contributed by atoms with Crippen LogP contribution in [0.15, 0.2) is 72.8 Å². The number of ether oxygens (including phenoxy) is 1. The number of thiocarbonyl (C=S) groups is 1. The van der Waals surface area contributed by atoms with E-state index in [4.69, 9.17) is 17.0 Å². The molecule has 2 amide bonds. The molecule has 0 radical (unpaired) electrons. The molecule has 1 N–H and O–H groups in total. The van der Waals surface area contributed by atoms with Crippen molar-refractivity contribution in [2.45, 2.75) is 20.5 Å². The van der Waals surface area contributed by atoms with Crippen LogP contribution in [-0.2, 0) is 16.2 Å². The standard InChI is InChI=1S/C27H24FN3O3S/c1-4-13-30-26(33)23(25(32)29-27(30)35)15-20-14-17(2)31(18(20)3)21-9-11-22(12-10-21)34-16-19-7-5-6-8-24(19)28/h4-12,14-15H,1,13,16H2,2-3H3,(H,29,32,35). The van der Waals surface area contributed by atoms with Gasteiger partial charge in [0.05, 0.1) is 0 Å². The van der Waals surface area contributed by atoms with Crippen LogP contribution in [0.4, 0.5) is 4.39 Å². The van der Waals surface area contributed by atoms with Crippen LogP contribution in [0.3, 0.4) is 0 Å². The number of hydrogen-bond donors (Lipinski definition) is 1. The molecule has 1 aliphatic rings. The van der Waals surface area contributed by atoms with Crippen molar-refractivity contribution in [2.24, 2.45) is 0 Å². The molecule has 35 heavy (non-hydrogen) atoms. The molecule has 0 atom stereocenters. The molecule has 8 heteroatoms. The Labute approximate surface area is 208 Å². The number of nitrogens with one attached hydrogen (secondary N) is 1. The van der Waals surface area contributed by atoms with Gasteiger partial charge in [-0.3, -0.25) is 19.8 Å². The van der Waals surface area contributed by atoms with Gasteiger partial charge in [-0.05, 0) is 74.1 Å². The predicted molar refractivity (Wildman–Crippen MR) is 137 cm³/mol. The molecule has 1 aliphatic heterocycles. The summed E-state index contributed by atoms with van der Waals surface area (Å²) in [6.07, 6.45) is 3.13. The Balaban J connectivity index is 1.57. The fourth-order valence-electron chi connectivity index (χ4n) is 3.94. The maximum absolute atomic E-state index is 13.8. The maximum atomic E-state index is 13.8. The molecular weight excluding hydrogens is 465 g/mol. The second kappa shape index (κ2) is 10.1. The lowest BCUT2D eigenvalue weighted by atomic mass is 10.1. The fourth-order valence-corrected chi connectivity index (χ4v) is 4.19. The second-order valence-corrected chi connectivity index (χ2v) is 8.44. The maximum Gasteiger partial charge on any atom is 0.265 e. The van der Waals surface area contributed by atoms with Gasteiger partial charge >= 0.3 is 0 Å². The average Bonchev–Trinajstić information content (AvgIpc) is 3.12. The van der Waals surface area contributed by atoms with E-state index in [0.717, 1.165) is 22.6 Å². The van der Waals surface area contributed by atoms with Gasteiger partial charge in [0.1, 0.15) is 23.7 Å². The van der Waals surface area contributed by atoms with Crippen molar-refractivity contribution in [1.29, 1.82) is 0 Å². The molecule has 0 aliphatic carbocycles. The summed E-state index contributed by atoms with van der Waals surface area (Å²) in [7, 11) is 0. The highest BCUT2D eigenvalue weighted by Crippen LogP contribution is 2.26. The highest BCUT2D eigenvalue weighted by Gasteiger charge is 2.32. The number of hydrogen-bond acceptors (Lipinski definition) is 4. The minimum Gasteiger partial charge on any atom is -0.489 e. The Bertz CT molecular complexity index is 1360. The Morgan fingerprint density at radius 3 is 2.51 bits per heavy atom. The number of aromatic nitrogens is 1. The summed E-state index contributed by atoms with van der Waals surface area (Å²) in [6, 6.07) is 15.9. The number of nitrogens with zero attached hydrogens (tertiary/aromatic N) is 2. The molecule has 0 saturated carbocycles. The van der Waals surface area contributed by atoms with Crippen molar-refractivity contribution < 1.29 is 18.7 Å². The van der Waals surface area contributed by atoms with Crippen LogP contribution in [0.2, 0.25) is 0 Å². The van der Waals surface area contributed by atoms with Gasteiger partial charge in [-0.2, -0.15) is 0 Å². The van der Waals surface area contributed by atoms with E-state index < -0.39 is 11.8 Å². The zero-order valence-corrected chi connectivity index (χ0v) is 20.2. The summed E-state index contributed by atoms with van der Waals surface area (Å²) in [5.74, 6) is -0.672. The number of aryl methyl sites for hydroxylation is 1. The van der Waals surface area contributed by atoms with Crippen molar-refractivity contribution in [2.75, 3.05) is 6.54 Å². The van der Waals surface area contributed by atoms with E-state index in [9.17, 15) is 14.0 Å². The van der Waals surface area contributed by atoms with E-state index in [1.54, 1.807) is 30.4 Å². The lowest BCUT2D eigenvalue weighted by molar-refractivity contribution is -0.128. The summed E-state index contributed by atoms with van der Waals surface area (Å²) in [5.41, 5.74) is 3.91. The Morgan fingerprint density at radius 2 is 1.83 bits per heavy atom. The molecule has 1 saturated heterocycles. The first-order chi connectivity index (χ1) is 16.8. The largest absolute Gasteiger partial charge is 0.489 e. The summed E-state index contributed by atoms with van der Waals surface area (Å²) in [6.45, 7) is 7.84. The van der Waals surface area contributed by atoms with Crippen LogP contribution in [-0.4, -0.2) is 32.9 Å². The summed E-state index contributed by atoms with van der Waals surface area (Å²) >= 11 is 5.11. The van der Waals surface area contributed by atoms with Gasteiger partial charge in [0.25, 0.3) is 11.8 Å². The first kappa shape index (κ1) is 24.1. The predicted octanol–water partition coefficient (Wildman–Crippen LogP) is 4.62. The van der Waals surface area contributed by atoms with Gasteiger partial charge in [0.2, 0.25) is 0 Å². The molecule has 2 aromatic carbocycles. The number of carbonyl (C=O) groups is 2. The van der Waals surface area contributed by atoms with Gasteiger partial charge in [-0.15, -0.1) is 6.58 Å². The summed E-state index contributed by atoms with van der Waals surface area (Å²) in [5, 5.41) is 2.63. The summed E-state index contributed by atoms with van der Waals surface area (Å²) in [4.78, 5) is 26.6. The molecular formula is C27H24FN3O3S. The lowest BCUT2D eigenvalue weighted by Crippen LogP contribution is -2.53. The van der Waals surface area contributed by atoms with Crippen LogP contribution in [0, 0.1) is 19.7 Å². The van der Waals surface area contributed by atoms with Crippen molar-refractivity contribution in [3.05, 3.63) is 101 Å². The molecule has 1 aromatic heterocycles. The number of amides is 2. The number of carbonyl (C=O) groups excluding carboxylic acids is 2. The second-order valence-electron chi connectivity index (χ2n) is 8.06. The third-order valence-corrected chi connectivity index (χ3v) is 6.04. The van der Waals surface area contributed by atoms with E-state index in [2.05, 4.69) is 11.9 Å². The topological polar surface area (TPSA) is 63.6 Å². The molecule has 6 nitrogen and oxygen atoms in total. The molecule has 1 fully saturated rings. The fraction of sp³-hybridized carbons (Fsp3) is 0.148. The molecule has 4 rings (SSSR count). The SMILES string of the molecule is C=CCN1C(=O)C(=Cc2cc(C)n(-c3ccc(OCc4ccccc4F)cc3)c2C)C(=O)NC1=S. The number of halogens is 1. The minimum absolute atomic E-state index is 0.0117. The average molecular weight is 490 g/mol. The quantitative estimate of drug-likeness (QED) is 0.228. The van der Waals surface area contributed by atoms with Crippen LogP contribution < -0.4 is 10.1 Å². The van der Waals surface area contributed by atoms with Crippen LogP contribution >= 0.6 is 12.2 Å². The van der Waals surface area contributed by atoms with Crippen LogP contribution in [0.1, 0.15) is 22.5 Å². The highest BCUT2D eigenvalue weighted by atomic mass is 32.1. The molecule has 0 spiro atoms. The number of benzene rings is 2. The molecule has 0 unspecified atom stereocenters. The first-order valence-electron chi connectivity index (χ1n) is 11.0. The van der Waals surface area contributed by atoms with Crippen molar-refractivity contribution in [1.82, 2.24) is 14.8 Å². The Kier molecular flexibility index (Phi) is 6.93. The lowest BCUT2D eigenvalue weighted by Gasteiger charge is -2.27. The normalized spacial score (nSPS) is 14.9. The van der Waals surface area contributed by atoms with E-state index in [1.165, 1.54) is 11.0 Å². The molecule has 2 heterocycles. The van der Waals surface area contributed by atoms with E-state index >= 15 is 0 Å². The van der Waals surface area contributed by atoms with E-state index in [-0.39, 0.29) is 29.7 Å². The Morgan fingerprint density at radius 1 is 1.11 bits per heavy atom. The summed E-state index contributed by atoms with van der Waals surface area (Å²) < 4.78 is 21.6. The van der Waals surface area contributed by atoms with Crippen molar-refractivity contribution in [3.8, 4) is 11.4 Å². The van der Waals surface area contributed by atoms with Gasteiger partial charge in [0, 0.05) is 29.2 Å². The molecule has 178 valence electrons. The monoisotopic (exact) mass is 489 g/mol. The van der Waals surface area contributed by atoms with Gasteiger partial charge in [-0.1, -0.05) is 24.3 Å². The first-order valence-corrected chi connectivity index (χ1v) is 11.4. The molecule has 0 bridgehead atoms. The van der Waals surface area contributed by atoms with Gasteiger partial charge in [-0.25, -0.2) is 4.39 Å². The van der Waals surface area contributed by atoms with E-state index in [0.29, 0.717) is 11.3 Å². The van der Waals surface area contributed by atoms with Gasteiger partial charge < -0.3 is 9.30 Å². The Hall–Kier alpha value is -4.04. The third-order valence-electron chi connectivity index (χ3n) is 5.71. The number of rotatable bonds is 7. The van der Waals surface area contributed by atoms with Crippen molar-refractivity contribution in [3.63, 3.8) is 0 Å². The van der Waals surface area contributed by atoms with Crippen LogP contribution in [0.5, 0.6) is 5.75 Å². The minimum atomic E-state index is -0.526. The van der Waals surface area contributed by atoms with Crippen molar-refractivity contribution >= 4 is 35.2 Å². The zero-order chi connectivity index (χ0) is 25.1. The molecule has 3 aromatic rings. The third kappa shape index (κ3) is 4.93. The smallest absolute Gasteiger partial charge is 0.265 e. The highest BCUT2D eigenvalue weighted by molar-refractivity contribution is 7.80. The van der Waals surface area contributed by atoms with E-state index in [1.807, 2.05) is 48.7 Å². The van der Waals surface area contributed by atoms with Crippen LogP contribution in [0.25, 0.3) is 11.8 Å². The zero-order valence-electron chi connectivity index (χ0n) is 19.4. The van der Waals surface area contributed by atoms with Gasteiger partial charge in [0.15, 0.2) is 5.11 Å².